The third-order valence-corrected chi connectivity index (χ3v) is 2.81. The molecule has 0 fully saturated rings. The molecular weight excluding hydrogens is 192 g/mol. The number of rotatable bonds is 4. The Hall–Kier alpha value is -1.02. The second-order valence-electron chi connectivity index (χ2n) is 2.96. The van der Waals surface area contributed by atoms with E-state index >= 15 is 0 Å². The predicted octanol–water partition coefficient (Wildman–Crippen LogP) is 3.56. The summed E-state index contributed by atoms with van der Waals surface area (Å²) in [6.07, 6.45) is 4.15. The smallest absolute Gasteiger partial charge is 0.159 e. The van der Waals surface area contributed by atoms with Crippen LogP contribution in [-0.2, 0) is 0 Å². The molecule has 0 saturated heterocycles. The summed E-state index contributed by atoms with van der Waals surface area (Å²) >= 11 is 1.77. The Morgan fingerprint density at radius 1 is 1.36 bits per heavy atom. The number of allylic oxidation sites excluding steroid dienone is 1. The molecule has 2 heteroatoms. The molecule has 1 aromatic rings. The molecule has 1 aromatic carbocycles. The van der Waals surface area contributed by atoms with Gasteiger partial charge in [-0.2, -0.15) is 0 Å². The van der Waals surface area contributed by atoms with Crippen molar-refractivity contribution >= 4 is 17.5 Å². The molecule has 1 rings (SSSR count). The van der Waals surface area contributed by atoms with Gasteiger partial charge in [-0.1, -0.05) is 24.3 Å². The maximum atomic E-state index is 11.0. The summed E-state index contributed by atoms with van der Waals surface area (Å²) in [7, 11) is 0. The number of hydrogen-bond acceptors (Lipinski definition) is 2. The fourth-order valence-electron chi connectivity index (χ4n) is 1.03. The van der Waals surface area contributed by atoms with Gasteiger partial charge in [0, 0.05) is 16.2 Å². The largest absolute Gasteiger partial charge is 0.295 e. The quantitative estimate of drug-likeness (QED) is 0.425. The molecule has 0 aliphatic carbocycles. The van der Waals surface area contributed by atoms with Gasteiger partial charge in [0.05, 0.1) is 0 Å². The highest BCUT2D eigenvalue weighted by Crippen LogP contribution is 2.18. The molecule has 0 bridgehead atoms. The number of ketones is 1. The number of thioether (sulfide) groups is 1. The van der Waals surface area contributed by atoms with E-state index in [1.165, 1.54) is 4.90 Å². The van der Waals surface area contributed by atoms with E-state index < -0.39 is 0 Å². The van der Waals surface area contributed by atoms with E-state index in [0.717, 1.165) is 11.3 Å². The number of carbonyl (C=O) groups excluding carboxylic acids is 1. The Balaban J connectivity index is 2.59. The van der Waals surface area contributed by atoms with Gasteiger partial charge in [0.25, 0.3) is 0 Å². The molecule has 1 nitrogen and oxygen atoms in total. The third-order valence-electron chi connectivity index (χ3n) is 1.84. The first-order chi connectivity index (χ1) is 6.74. The highest BCUT2D eigenvalue weighted by Gasteiger charge is 1.98. The lowest BCUT2D eigenvalue weighted by Crippen LogP contribution is -1.90. The Morgan fingerprint density at radius 2 is 2.00 bits per heavy atom. The molecule has 0 spiro atoms. The predicted molar refractivity (Wildman–Crippen MR) is 62.0 cm³/mol. The zero-order valence-corrected chi connectivity index (χ0v) is 9.30. The minimum Gasteiger partial charge on any atom is -0.295 e. The first kappa shape index (κ1) is 11.1. The van der Waals surface area contributed by atoms with E-state index in [1.807, 2.05) is 37.3 Å². The second kappa shape index (κ2) is 5.66. The van der Waals surface area contributed by atoms with Gasteiger partial charge in [0.15, 0.2) is 5.78 Å². The lowest BCUT2D eigenvalue weighted by atomic mass is 10.2. The highest BCUT2D eigenvalue weighted by atomic mass is 32.2. The van der Waals surface area contributed by atoms with Crippen molar-refractivity contribution in [1.29, 1.82) is 0 Å². The molecule has 14 heavy (non-hydrogen) atoms. The molecular formula is C12H14OS. The third kappa shape index (κ3) is 3.38. The van der Waals surface area contributed by atoms with Crippen molar-refractivity contribution < 1.29 is 4.79 Å². The van der Waals surface area contributed by atoms with Gasteiger partial charge in [0.1, 0.15) is 0 Å². The first-order valence-electron chi connectivity index (χ1n) is 4.59. The van der Waals surface area contributed by atoms with Crippen LogP contribution in [0.25, 0.3) is 0 Å². The monoisotopic (exact) mass is 206 g/mol. The fraction of sp³-hybridized carbons (Fsp3) is 0.250. The molecule has 0 amide bonds. The number of carbonyl (C=O) groups is 1. The molecule has 0 radical (unpaired) electrons. The maximum absolute atomic E-state index is 11.0. The normalized spacial score (nSPS) is 10.7. The van der Waals surface area contributed by atoms with Crippen molar-refractivity contribution in [3.8, 4) is 0 Å². The molecule has 74 valence electrons. The van der Waals surface area contributed by atoms with Crippen molar-refractivity contribution in [2.24, 2.45) is 0 Å². The zero-order chi connectivity index (χ0) is 10.4. The number of benzene rings is 1. The summed E-state index contributed by atoms with van der Waals surface area (Å²) in [6.45, 7) is 3.60. The number of hydrogen-bond donors (Lipinski definition) is 0. The van der Waals surface area contributed by atoms with Crippen molar-refractivity contribution in [3.63, 3.8) is 0 Å². The van der Waals surface area contributed by atoms with Crippen molar-refractivity contribution in [3.05, 3.63) is 42.0 Å². The topological polar surface area (TPSA) is 17.1 Å². The number of Topliss-reactive ketones (excluding diaryl/α,β-unsaturated/α-hetero) is 1. The summed E-state index contributed by atoms with van der Waals surface area (Å²) in [4.78, 5) is 12.2. The van der Waals surface area contributed by atoms with Gasteiger partial charge < -0.3 is 0 Å². The average molecular weight is 206 g/mol. The summed E-state index contributed by atoms with van der Waals surface area (Å²) < 4.78 is 0. The van der Waals surface area contributed by atoms with Gasteiger partial charge in [-0.3, -0.25) is 4.79 Å². The van der Waals surface area contributed by atoms with Crippen LogP contribution in [0.2, 0.25) is 0 Å². The Morgan fingerprint density at radius 3 is 2.50 bits per heavy atom. The van der Waals surface area contributed by atoms with E-state index in [2.05, 4.69) is 6.08 Å². The molecule has 0 saturated carbocycles. The van der Waals surface area contributed by atoms with Gasteiger partial charge in [0.2, 0.25) is 0 Å². The first-order valence-corrected chi connectivity index (χ1v) is 5.57. The van der Waals surface area contributed by atoms with E-state index in [1.54, 1.807) is 18.7 Å². The van der Waals surface area contributed by atoms with E-state index in [-0.39, 0.29) is 5.78 Å². The van der Waals surface area contributed by atoms with Gasteiger partial charge in [-0.15, -0.1) is 11.8 Å². The highest BCUT2D eigenvalue weighted by molar-refractivity contribution is 7.99. The van der Waals surface area contributed by atoms with Crippen LogP contribution in [0.3, 0.4) is 0 Å². The molecule has 0 atom stereocenters. The summed E-state index contributed by atoms with van der Waals surface area (Å²) in [6, 6.07) is 7.73. The lowest BCUT2D eigenvalue weighted by Gasteiger charge is -1.99. The van der Waals surface area contributed by atoms with Crippen LogP contribution in [0, 0.1) is 0 Å². The van der Waals surface area contributed by atoms with Crippen LogP contribution < -0.4 is 0 Å². The van der Waals surface area contributed by atoms with Crippen LogP contribution in [0.15, 0.2) is 41.3 Å². The maximum Gasteiger partial charge on any atom is 0.159 e. The minimum absolute atomic E-state index is 0.120. The van der Waals surface area contributed by atoms with Gasteiger partial charge >= 0.3 is 0 Å². The van der Waals surface area contributed by atoms with Crippen LogP contribution in [0.4, 0.5) is 0 Å². The Kier molecular flexibility index (Phi) is 4.47. The molecule has 0 N–H and O–H groups in total. The molecule has 0 aliphatic rings. The zero-order valence-electron chi connectivity index (χ0n) is 8.49. The molecule has 0 aromatic heterocycles. The molecule has 0 aliphatic heterocycles. The van der Waals surface area contributed by atoms with Crippen LogP contribution in [0.5, 0.6) is 0 Å². The van der Waals surface area contributed by atoms with Crippen molar-refractivity contribution in [2.75, 3.05) is 5.75 Å². The lowest BCUT2D eigenvalue weighted by molar-refractivity contribution is 0.101. The van der Waals surface area contributed by atoms with Gasteiger partial charge in [-0.25, -0.2) is 0 Å². The summed E-state index contributed by atoms with van der Waals surface area (Å²) in [5, 5.41) is 0. The fourth-order valence-corrected chi connectivity index (χ4v) is 1.84. The average Bonchev–Trinajstić information content (AvgIpc) is 2.19. The second-order valence-corrected chi connectivity index (χ2v) is 4.05. The standard InChI is InChI=1S/C12H14OS/c1-3-4-9-14-12-7-5-11(6-8-12)10(2)13/h3-8H,9H2,1-2H3. The Bertz CT molecular complexity index is 325. The van der Waals surface area contributed by atoms with E-state index in [9.17, 15) is 4.79 Å². The van der Waals surface area contributed by atoms with Crippen LogP contribution in [0.1, 0.15) is 24.2 Å². The van der Waals surface area contributed by atoms with Crippen LogP contribution >= 0.6 is 11.8 Å². The SMILES string of the molecule is CC=CCSc1ccc(C(C)=O)cc1. The van der Waals surface area contributed by atoms with E-state index in [4.69, 9.17) is 0 Å². The molecule has 0 heterocycles. The van der Waals surface area contributed by atoms with E-state index in [0.29, 0.717) is 0 Å². The van der Waals surface area contributed by atoms with Gasteiger partial charge in [-0.05, 0) is 26.0 Å². The van der Waals surface area contributed by atoms with Crippen molar-refractivity contribution in [2.45, 2.75) is 18.7 Å². The molecule has 0 unspecified atom stereocenters. The van der Waals surface area contributed by atoms with Crippen LogP contribution in [-0.4, -0.2) is 11.5 Å². The summed E-state index contributed by atoms with van der Waals surface area (Å²) in [5.41, 5.74) is 0.778. The van der Waals surface area contributed by atoms with Crippen molar-refractivity contribution in [1.82, 2.24) is 0 Å². The Labute approximate surface area is 89.2 Å². The minimum atomic E-state index is 0.120. The summed E-state index contributed by atoms with van der Waals surface area (Å²) in [5.74, 6) is 1.10.